The lowest BCUT2D eigenvalue weighted by molar-refractivity contribution is -0.117. The number of benzene rings is 1. The summed E-state index contributed by atoms with van der Waals surface area (Å²) in [6.07, 6.45) is 1.94. The Labute approximate surface area is 212 Å². The standard InChI is InChI=1S/C23H28N8OS.ClH/c1-15-13-20(29-28-15)25-19-14-21(31-11-9-30(2)10-12-31)27-23(26-19)33-18-7-5-17(6-8-18)24-22(32)16-3-4-16;/h5-8,13-14,16H,3-4,9-12H2,1-2H3,(H,24,32)(H2,25,26,27,28,29);1H/i/hD2. The third-order valence-corrected chi connectivity index (χ3v) is 6.54. The van der Waals surface area contributed by atoms with E-state index in [-0.39, 0.29) is 24.2 Å². The number of nitrogens with zero attached hydrogens (tertiary/aromatic N) is 5. The molecule has 9 nitrogen and oxygen atoms in total. The topological polar surface area (TPSA) is 102 Å². The maximum absolute atomic E-state index is 12.0. The fourth-order valence-electron chi connectivity index (χ4n) is 3.55. The van der Waals surface area contributed by atoms with Gasteiger partial charge in [-0.3, -0.25) is 9.89 Å². The van der Waals surface area contributed by atoms with Crippen molar-refractivity contribution in [2.75, 3.05) is 48.8 Å². The van der Waals surface area contributed by atoms with E-state index >= 15 is 0 Å². The predicted octanol–water partition coefficient (Wildman–Crippen LogP) is 3.93. The van der Waals surface area contributed by atoms with Crippen molar-refractivity contribution in [2.24, 2.45) is 5.92 Å². The highest BCUT2D eigenvalue weighted by Gasteiger charge is 2.29. The highest BCUT2D eigenvalue weighted by Crippen LogP contribution is 2.32. The number of anilines is 4. The number of carbonyl (C=O) groups excluding carboxylic acids is 1. The van der Waals surface area contributed by atoms with Crippen molar-refractivity contribution in [3.8, 4) is 0 Å². The summed E-state index contributed by atoms with van der Waals surface area (Å²) in [6.45, 7) is 5.31. The van der Waals surface area contributed by atoms with Crippen LogP contribution in [0.15, 0.2) is 46.5 Å². The van der Waals surface area contributed by atoms with Crippen molar-refractivity contribution in [3.05, 3.63) is 42.1 Å². The van der Waals surface area contributed by atoms with Gasteiger partial charge in [-0.05, 0) is 62.8 Å². The van der Waals surface area contributed by atoms with E-state index in [4.69, 9.17) is 7.81 Å². The van der Waals surface area contributed by atoms with Crippen LogP contribution in [0.25, 0.3) is 0 Å². The van der Waals surface area contributed by atoms with E-state index in [9.17, 15) is 4.79 Å². The number of aromatic nitrogens is 4. The van der Waals surface area contributed by atoms with Crippen molar-refractivity contribution in [3.63, 3.8) is 0 Å². The molecule has 11 heteroatoms. The molecule has 1 amide bonds. The van der Waals surface area contributed by atoms with E-state index in [0.717, 1.165) is 65.8 Å². The number of carbonyl (C=O) groups is 1. The zero-order valence-corrected chi connectivity index (χ0v) is 20.8. The molecule has 0 bridgehead atoms. The molecule has 1 saturated heterocycles. The van der Waals surface area contributed by atoms with Gasteiger partial charge in [-0.2, -0.15) is 5.10 Å². The Hall–Kier alpha value is -2.82. The molecule has 2 aliphatic rings. The number of H-pyrrole nitrogens is 1. The van der Waals surface area contributed by atoms with Crippen LogP contribution in [0.5, 0.6) is 0 Å². The Morgan fingerprint density at radius 3 is 2.53 bits per heavy atom. The summed E-state index contributed by atoms with van der Waals surface area (Å²) < 4.78 is 16.4. The van der Waals surface area contributed by atoms with Gasteiger partial charge in [-0.15, -0.1) is 12.4 Å². The molecule has 0 atom stereocenters. The molecular weight excluding hydrogens is 472 g/mol. The molecule has 2 fully saturated rings. The fourth-order valence-corrected chi connectivity index (χ4v) is 4.31. The van der Waals surface area contributed by atoms with Gasteiger partial charge in [0.2, 0.25) is 5.91 Å². The number of piperazine rings is 1. The Morgan fingerprint density at radius 2 is 1.88 bits per heavy atom. The van der Waals surface area contributed by atoms with Gasteiger partial charge in [0.15, 0.2) is 13.8 Å². The molecule has 1 saturated carbocycles. The molecular formula is C23H29ClN8OS. The molecule has 0 radical (unpaired) electrons. The number of halogens is 1. The number of likely N-dealkylation sites (N-methyl/N-ethyl adjacent to an activating group) is 1. The van der Waals surface area contributed by atoms with Crippen LogP contribution in [0.2, 0.25) is 2.82 Å². The normalized spacial score (nSPS) is 16.9. The quantitative estimate of drug-likeness (QED) is 0.418. The number of aryl methyl sites for hydroxylation is 1. The average Bonchev–Trinajstić information content (AvgIpc) is 3.65. The van der Waals surface area contributed by atoms with Gasteiger partial charge in [0, 0.05) is 60.5 Å². The smallest absolute Gasteiger partial charge is 0.227 e. The summed E-state index contributed by atoms with van der Waals surface area (Å²) in [6, 6.07) is 11.1. The second kappa shape index (κ2) is 10.6. The second-order valence-corrected chi connectivity index (χ2v) is 9.54. The number of hydrogen-bond donors (Lipinski definition) is 3. The Balaban J connectivity index is 0.00000304. The lowest BCUT2D eigenvalue weighted by atomic mass is 10.3. The Morgan fingerprint density at radius 1 is 1.15 bits per heavy atom. The van der Waals surface area contributed by atoms with Crippen molar-refractivity contribution in [1.29, 1.82) is 0 Å². The maximum atomic E-state index is 12.0. The molecule has 0 spiro atoms. The number of aromatic amines is 1. The molecule has 1 aliphatic heterocycles. The molecule has 3 heterocycles. The van der Waals surface area contributed by atoms with Crippen LogP contribution in [-0.2, 0) is 4.79 Å². The average molecular weight is 503 g/mol. The molecule has 2 aromatic heterocycles. The van der Waals surface area contributed by atoms with Crippen LogP contribution in [0, 0.1) is 12.8 Å². The first kappa shape index (κ1) is 21.7. The zero-order chi connectivity index (χ0) is 24.5. The first-order valence-corrected chi connectivity index (χ1v) is 11.9. The molecule has 5 rings (SSSR count). The van der Waals surface area contributed by atoms with Gasteiger partial charge in [0.1, 0.15) is 11.6 Å². The fraction of sp³-hybridized carbons (Fsp3) is 0.391. The van der Waals surface area contributed by atoms with Crippen LogP contribution < -0.4 is 15.5 Å². The molecule has 1 aromatic carbocycles. The van der Waals surface area contributed by atoms with Crippen LogP contribution in [-0.4, -0.2) is 64.2 Å². The van der Waals surface area contributed by atoms with Gasteiger partial charge < -0.3 is 20.4 Å². The molecule has 0 unspecified atom stereocenters. The molecule has 34 heavy (non-hydrogen) atoms. The predicted molar refractivity (Wildman–Crippen MR) is 138 cm³/mol. The van der Waals surface area contributed by atoms with Crippen molar-refractivity contribution >= 4 is 53.2 Å². The van der Waals surface area contributed by atoms with Crippen molar-refractivity contribution < 1.29 is 7.62 Å². The summed E-state index contributed by atoms with van der Waals surface area (Å²) in [7, 11) is 2.10. The molecule has 3 N–H and O–H groups in total. The van der Waals surface area contributed by atoms with E-state index < -0.39 is 0 Å². The number of rotatable bonds is 7. The van der Waals surface area contributed by atoms with Crippen molar-refractivity contribution in [1.82, 2.24) is 25.1 Å². The van der Waals surface area contributed by atoms with Gasteiger partial charge in [0.05, 0.1) is 0 Å². The number of amides is 1. The van der Waals surface area contributed by atoms with Gasteiger partial charge >= 0.3 is 0 Å². The van der Waals surface area contributed by atoms with Crippen LogP contribution in [0.1, 0.15) is 18.5 Å². The summed E-state index contributed by atoms with van der Waals surface area (Å²) in [5.74, 6) is 1.72. The third kappa shape index (κ3) is 6.19. The minimum Gasteiger partial charge on any atom is -0.354 e. The summed E-state index contributed by atoms with van der Waals surface area (Å²) in [5.41, 5.74) is 1.41. The number of nitrogens with one attached hydrogen (secondary N) is 3. The van der Waals surface area contributed by atoms with E-state index in [1.54, 1.807) is 19.1 Å². The first-order valence-electron chi connectivity index (χ1n) is 12.0. The van der Waals surface area contributed by atoms with Gasteiger partial charge in [-0.25, -0.2) is 9.97 Å². The lowest BCUT2D eigenvalue weighted by Crippen LogP contribution is -2.44. The van der Waals surface area contributed by atoms with Crippen LogP contribution in [0.3, 0.4) is 0 Å². The largest absolute Gasteiger partial charge is 0.354 e. The Bertz CT molecular complexity index is 1200. The van der Waals surface area contributed by atoms with E-state index in [2.05, 4.69) is 32.2 Å². The van der Waals surface area contributed by atoms with Crippen LogP contribution >= 0.6 is 24.2 Å². The third-order valence-electron chi connectivity index (χ3n) is 5.66. The molecule has 180 valence electrons. The molecule has 1 aliphatic carbocycles. The minimum atomic E-state index is 0. The van der Waals surface area contributed by atoms with Gasteiger partial charge in [0.25, 0.3) is 0 Å². The number of hydrogen-bond acceptors (Lipinski definition) is 8. The van der Waals surface area contributed by atoms with Crippen LogP contribution in [0.4, 0.5) is 23.1 Å². The van der Waals surface area contributed by atoms with E-state index in [1.807, 2.05) is 24.3 Å². The monoisotopic (exact) mass is 502 g/mol. The van der Waals surface area contributed by atoms with Gasteiger partial charge in [-0.1, -0.05) is 0 Å². The first-order chi connectivity index (χ1) is 16.9. The summed E-state index contributed by atoms with van der Waals surface area (Å²) in [5, 5.41) is 9.71. The summed E-state index contributed by atoms with van der Waals surface area (Å²) in [4.78, 5) is 26.8. The highest BCUT2D eigenvalue weighted by atomic mass is 35.5. The minimum absolute atomic E-state index is 0. The second-order valence-electron chi connectivity index (χ2n) is 8.50. The van der Waals surface area contributed by atoms with Crippen molar-refractivity contribution in [2.45, 2.75) is 29.8 Å². The van der Waals surface area contributed by atoms with E-state index in [0.29, 0.717) is 22.5 Å². The molecule has 3 aromatic rings. The lowest BCUT2D eigenvalue weighted by Gasteiger charge is -2.33. The zero-order valence-electron chi connectivity index (χ0n) is 21.1. The highest BCUT2D eigenvalue weighted by molar-refractivity contribution is 7.99. The maximum Gasteiger partial charge on any atom is 0.227 e. The Kier molecular flexibility index (Phi) is 6.78. The summed E-state index contributed by atoms with van der Waals surface area (Å²) >= 11 is 1.40. The SMILES string of the molecule is Cl.[2H]N(c1cc(N2CCN(C)CC2)nc(Sc2ccc(NC(=O)C3CC3)cc2)n1)c1cc(C)n([2H])n1. The van der Waals surface area contributed by atoms with E-state index in [1.165, 1.54) is 11.8 Å².